The van der Waals surface area contributed by atoms with Crippen LogP contribution in [-0.2, 0) is 70.1 Å². The van der Waals surface area contributed by atoms with Crippen LogP contribution in [-0.4, -0.2) is 252 Å². The molecule has 12 amide bonds. The normalized spacial score (nSPS) is 26.1. The van der Waals surface area contributed by atoms with E-state index in [1.165, 1.54) is 73.8 Å². The number of alkyl halides is 3. The summed E-state index contributed by atoms with van der Waals surface area (Å²) in [7, 11) is 9.86. The van der Waals surface area contributed by atoms with Crippen LogP contribution in [0.1, 0.15) is 180 Å². The Bertz CT molecular complexity index is 3010. The molecule has 6 rings (SSSR count). The number of benzene rings is 1. The van der Waals surface area contributed by atoms with Crippen molar-refractivity contribution in [3.8, 4) is 0 Å². The topological polar surface area (TPSA) is 270 Å². The second kappa shape index (κ2) is 37.3. The molecule has 24 nitrogen and oxygen atoms in total. The maximum absolute atomic E-state index is 15.2. The van der Waals surface area contributed by atoms with Gasteiger partial charge in [-0.3, -0.25) is 57.5 Å². The van der Waals surface area contributed by atoms with Crippen LogP contribution < -0.4 is 16.0 Å². The van der Waals surface area contributed by atoms with E-state index in [1.54, 1.807) is 11.8 Å². The van der Waals surface area contributed by atoms with Gasteiger partial charge in [-0.25, -0.2) is 8.78 Å². The molecule has 3 saturated heterocycles. The Morgan fingerprint density at radius 2 is 1.17 bits per heavy atom. The molecule has 2 saturated carbocycles. The lowest BCUT2D eigenvalue weighted by Gasteiger charge is -2.40. The second-order valence-electron chi connectivity index (χ2n) is 28.2. The van der Waals surface area contributed by atoms with Gasteiger partial charge in [0.25, 0.3) is 0 Å². The van der Waals surface area contributed by atoms with Gasteiger partial charge in [0, 0.05) is 81.9 Å². The number of rotatable bonds is 11. The SMILES string of the molecule is CCC[C@H]1C(=O)N[C@@H]([C@@H](C)CC)C(=O)N(C)CC(=O)N(C)CC(=O)N(C)[C@@H](CC2CCCCC2)C(=O)N(C)CC(=O)N[C@@H](CCc2cc(F)c(C(F)(F)F)c(F)c2)C(=O)N2CCC[C@H]2C(=O)NCCCCC(=O)N(C)[C@@H](C2CCCCC2)C(=O)N(C)[C@H](C(=O)N2CCCC2)CC(=O)N1C. The number of carbonyl (C=O) groups excluding carboxylic acids is 12. The molecule has 5 fully saturated rings. The highest BCUT2D eigenvalue weighted by atomic mass is 19.4. The summed E-state index contributed by atoms with van der Waals surface area (Å²) >= 11 is 0. The third-order valence-electron chi connectivity index (χ3n) is 21.0. The lowest BCUT2D eigenvalue weighted by atomic mass is 9.82. The molecule has 1 aromatic carbocycles. The van der Waals surface area contributed by atoms with Crippen molar-refractivity contribution >= 4 is 70.9 Å². The Labute approximate surface area is 579 Å². The Kier molecular flexibility index (Phi) is 30.3. The molecule has 0 bridgehead atoms. The monoisotopic (exact) mass is 1400 g/mol. The van der Waals surface area contributed by atoms with E-state index in [9.17, 15) is 74.7 Å². The van der Waals surface area contributed by atoms with Crippen molar-refractivity contribution in [2.75, 3.05) is 95.1 Å². The van der Waals surface area contributed by atoms with Crippen molar-refractivity contribution in [3.05, 3.63) is 34.9 Å². The zero-order valence-electron chi connectivity index (χ0n) is 59.7. The fraction of sp³-hybridized carbons (Fsp3) is 0.743. The maximum atomic E-state index is 15.2. The molecule has 3 N–H and O–H groups in total. The first-order valence-corrected chi connectivity index (χ1v) is 35.6. The summed E-state index contributed by atoms with van der Waals surface area (Å²) in [5, 5.41) is 8.31. The minimum absolute atomic E-state index is 0.0139. The number of aryl methyl sites for hydroxylation is 1. The van der Waals surface area contributed by atoms with Crippen LogP contribution in [0.15, 0.2) is 12.1 Å². The molecule has 29 heteroatoms. The number of amides is 12. The summed E-state index contributed by atoms with van der Waals surface area (Å²) in [5.74, 6) is -12.2. The van der Waals surface area contributed by atoms with Gasteiger partial charge in [-0.2, -0.15) is 13.2 Å². The quantitative estimate of drug-likeness (QED) is 0.239. The van der Waals surface area contributed by atoms with Gasteiger partial charge in [0.2, 0.25) is 70.9 Å². The minimum Gasteiger partial charge on any atom is -0.354 e. The number of hydrogen-bond acceptors (Lipinski definition) is 12. The fourth-order valence-corrected chi connectivity index (χ4v) is 14.6. The molecule has 1 aromatic rings. The van der Waals surface area contributed by atoms with Gasteiger partial charge in [0.15, 0.2) is 0 Å². The van der Waals surface area contributed by atoms with E-state index in [4.69, 9.17) is 0 Å². The summed E-state index contributed by atoms with van der Waals surface area (Å²) < 4.78 is 70.7. The van der Waals surface area contributed by atoms with Crippen LogP contribution in [0.2, 0.25) is 0 Å². The number of fused-ring (bicyclic) bond motifs is 1. The molecule has 99 heavy (non-hydrogen) atoms. The molecule has 554 valence electrons. The number of likely N-dealkylation sites (N-methyl/N-ethyl adjacent to an activating group) is 7. The smallest absolute Gasteiger partial charge is 0.354 e. The minimum atomic E-state index is -5.36. The summed E-state index contributed by atoms with van der Waals surface area (Å²) in [4.78, 5) is 185. The highest BCUT2D eigenvalue weighted by Gasteiger charge is 2.45. The zero-order valence-corrected chi connectivity index (χ0v) is 59.7. The van der Waals surface area contributed by atoms with Gasteiger partial charge in [-0.1, -0.05) is 85.0 Å². The van der Waals surface area contributed by atoms with Crippen molar-refractivity contribution in [1.29, 1.82) is 0 Å². The average Bonchev–Trinajstić information content (AvgIpc) is 0.893. The van der Waals surface area contributed by atoms with Crippen molar-refractivity contribution in [3.63, 3.8) is 0 Å². The first kappa shape index (κ1) is 80.5. The van der Waals surface area contributed by atoms with E-state index in [1.807, 2.05) is 13.8 Å². The molecular formula is C70H107F5N12O12. The molecule has 0 aromatic heterocycles. The highest BCUT2D eigenvalue weighted by Crippen LogP contribution is 2.36. The number of halogens is 5. The van der Waals surface area contributed by atoms with E-state index in [0.29, 0.717) is 70.2 Å². The van der Waals surface area contributed by atoms with E-state index >= 15 is 4.79 Å². The predicted molar refractivity (Wildman–Crippen MR) is 357 cm³/mol. The van der Waals surface area contributed by atoms with Crippen molar-refractivity contribution in [2.24, 2.45) is 17.8 Å². The second-order valence-corrected chi connectivity index (χ2v) is 28.2. The summed E-state index contributed by atoms with van der Waals surface area (Å²) in [6.45, 7) is 4.44. The Morgan fingerprint density at radius 3 is 1.78 bits per heavy atom. The average molecular weight is 1400 g/mol. The molecule has 5 aliphatic rings. The first-order chi connectivity index (χ1) is 46.8. The Hall–Kier alpha value is -7.49. The number of likely N-dealkylation sites (tertiary alicyclic amines) is 1. The van der Waals surface area contributed by atoms with Crippen LogP contribution in [0.3, 0.4) is 0 Å². The Morgan fingerprint density at radius 1 is 0.576 bits per heavy atom. The van der Waals surface area contributed by atoms with Crippen LogP contribution in [0, 0.1) is 29.4 Å². The van der Waals surface area contributed by atoms with Crippen LogP contribution >= 0.6 is 0 Å². The fourth-order valence-electron chi connectivity index (χ4n) is 14.6. The number of carbonyl (C=O) groups is 12. The van der Waals surface area contributed by atoms with Crippen LogP contribution in [0.4, 0.5) is 22.0 Å². The van der Waals surface area contributed by atoms with Gasteiger partial charge in [0.1, 0.15) is 59.5 Å². The van der Waals surface area contributed by atoms with Crippen LogP contribution in [0.25, 0.3) is 0 Å². The predicted octanol–water partition coefficient (Wildman–Crippen LogP) is 5.27. The van der Waals surface area contributed by atoms with E-state index in [2.05, 4.69) is 16.0 Å². The maximum Gasteiger partial charge on any atom is 0.422 e. The molecule has 0 spiro atoms. The molecule has 0 unspecified atom stereocenters. The van der Waals surface area contributed by atoms with Crippen molar-refractivity contribution in [2.45, 2.75) is 223 Å². The lowest BCUT2D eigenvalue weighted by molar-refractivity contribution is -0.154. The Balaban J connectivity index is 1.33. The molecule has 2 aliphatic carbocycles. The van der Waals surface area contributed by atoms with Crippen LogP contribution in [0.5, 0.6) is 0 Å². The number of nitrogens with zero attached hydrogens (tertiary/aromatic N) is 9. The van der Waals surface area contributed by atoms with Gasteiger partial charge in [-0.05, 0) is 112 Å². The molecular weight excluding hydrogens is 1300 g/mol. The van der Waals surface area contributed by atoms with Gasteiger partial charge < -0.3 is 60.0 Å². The summed E-state index contributed by atoms with van der Waals surface area (Å²) in [6, 6.07) is -7.56. The standard InChI is InChI=1S/C70H107F5N12O12/c1-11-24-51-64(94)78-61(44(3)12-2)68(98)81(6)42-58(91)79(4)43-59(92)83(8)53(39-45-25-15-13-16-26-45)66(96)80(5)41-55(88)77-50(32-31-46-37-48(71)60(49(72)38-46)70(73,74)75)65(95)87-36-23-29-52(87)63(93)76-33-20-19-30-56(89)85(10)62(47-27-17-14-18-28-47)69(99)84(9)54(40-57(90)82(51)7)67(97)86-34-21-22-35-86/h37-38,44-45,47,50-54,61-62H,11-36,39-43H2,1-10H3,(H,76,93)(H,77,88)(H,78,94)/t44-,50-,51-,52-,53-,54-,61-,62-/m0/s1. The third kappa shape index (κ3) is 21.5. The number of nitrogens with one attached hydrogen (secondary N) is 3. The van der Waals surface area contributed by atoms with E-state index in [-0.39, 0.29) is 74.9 Å². The summed E-state index contributed by atoms with van der Waals surface area (Å²) in [5.41, 5.74) is -2.38. The van der Waals surface area contributed by atoms with Crippen molar-refractivity contribution in [1.82, 2.24) is 60.0 Å². The molecule has 3 aliphatic heterocycles. The summed E-state index contributed by atoms with van der Waals surface area (Å²) in [6.07, 6.45) is 4.73. The zero-order chi connectivity index (χ0) is 73.2. The number of hydrogen-bond donors (Lipinski definition) is 3. The lowest BCUT2D eigenvalue weighted by Crippen LogP contribution is -2.59. The third-order valence-corrected chi connectivity index (χ3v) is 21.0. The molecule has 0 radical (unpaired) electrons. The van der Waals surface area contributed by atoms with E-state index < -0.39 is 175 Å². The first-order valence-electron chi connectivity index (χ1n) is 35.6. The van der Waals surface area contributed by atoms with Gasteiger partial charge in [-0.15, -0.1) is 0 Å². The van der Waals surface area contributed by atoms with Gasteiger partial charge in [0.05, 0.1) is 26.1 Å². The van der Waals surface area contributed by atoms with Gasteiger partial charge >= 0.3 is 6.18 Å². The largest absolute Gasteiger partial charge is 0.422 e. The van der Waals surface area contributed by atoms with E-state index in [0.717, 1.165) is 66.1 Å². The molecule has 8 atom stereocenters. The van der Waals surface area contributed by atoms with Crippen molar-refractivity contribution < 1.29 is 79.5 Å². The molecule has 3 heterocycles. The highest BCUT2D eigenvalue weighted by molar-refractivity contribution is 5.98.